The van der Waals surface area contributed by atoms with Crippen molar-refractivity contribution < 1.29 is 14.0 Å². The smallest absolute Gasteiger partial charge is 0.286 e. The number of anilines is 1. The standard InChI is InChI=1S/C16H17ClN2O3/c1-11-6-7-12(10-13(11)17)19-15(20)5-2-8-18-16(21)14-4-3-9-22-14/h3-4,6-7,9-10H,2,5,8H2,1H3,(H,18,21)(H,19,20). The number of hydrogen-bond donors (Lipinski definition) is 2. The topological polar surface area (TPSA) is 71.3 Å². The largest absolute Gasteiger partial charge is 0.459 e. The molecule has 1 heterocycles. The van der Waals surface area contributed by atoms with Gasteiger partial charge in [-0.15, -0.1) is 0 Å². The van der Waals surface area contributed by atoms with Crippen LogP contribution in [-0.4, -0.2) is 18.4 Å². The van der Waals surface area contributed by atoms with Gasteiger partial charge in [-0.1, -0.05) is 17.7 Å². The van der Waals surface area contributed by atoms with Crippen LogP contribution in [0.2, 0.25) is 5.02 Å². The lowest BCUT2D eigenvalue weighted by Crippen LogP contribution is -2.25. The Morgan fingerprint density at radius 2 is 2.09 bits per heavy atom. The summed E-state index contributed by atoms with van der Waals surface area (Å²) in [5.74, 6) is -0.137. The van der Waals surface area contributed by atoms with Gasteiger partial charge in [-0.25, -0.2) is 0 Å². The number of halogens is 1. The number of aryl methyl sites for hydroxylation is 1. The first-order chi connectivity index (χ1) is 10.6. The van der Waals surface area contributed by atoms with Crippen LogP contribution < -0.4 is 10.6 Å². The van der Waals surface area contributed by atoms with E-state index in [9.17, 15) is 9.59 Å². The maximum absolute atomic E-state index is 11.8. The van der Waals surface area contributed by atoms with E-state index >= 15 is 0 Å². The van der Waals surface area contributed by atoms with E-state index in [-0.39, 0.29) is 17.6 Å². The summed E-state index contributed by atoms with van der Waals surface area (Å²) < 4.78 is 4.97. The summed E-state index contributed by atoms with van der Waals surface area (Å²) in [4.78, 5) is 23.4. The van der Waals surface area contributed by atoms with Crippen LogP contribution in [0.3, 0.4) is 0 Å². The lowest BCUT2D eigenvalue weighted by atomic mass is 10.2. The third-order valence-electron chi connectivity index (χ3n) is 3.07. The maximum atomic E-state index is 11.8. The van der Waals surface area contributed by atoms with E-state index in [1.807, 2.05) is 13.0 Å². The highest BCUT2D eigenvalue weighted by molar-refractivity contribution is 6.31. The van der Waals surface area contributed by atoms with Gasteiger partial charge in [0.1, 0.15) is 0 Å². The molecule has 0 bridgehead atoms. The summed E-state index contributed by atoms with van der Waals surface area (Å²) in [6, 6.07) is 8.60. The van der Waals surface area contributed by atoms with Gasteiger partial charge < -0.3 is 15.1 Å². The number of hydrogen-bond acceptors (Lipinski definition) is 3. The van der Waals surface area contributed by atoms with Gasteiger partial charge in [0.05, 0.1) is 6.26 Å². The first-order valence-electron chi connectivity index (χ1n) is 6.94. The fraction of sp³-hybridized carbons (Fsp3) is 0.250. The SMILES string of the molecule is Cc1ccc(NC(=O)CCCNC(=O)c2ccco2)cc1Cl. The number of benzene rings is 1. The number of amides is 2. The molecular weight excluding hydrogens is 304 g/mol. The predicted octanol–water partition coefficient (Wildman–Crippen LogP) is 3.39. The van der Waals surface area contributed by atoms with Crippen LogP contribution in [0.25, 0.3) is 0 Å². The average molecular weight is 321 g/mol. The van der Waals surface area contributed by atoms with E-state index < -0.39 is 0 Å². The van der Waals surface area contributed by atoms with Crippen molar-refractivity contribution in [3.05, 3.63) is 52.9 Å². The molecule has 0 atom stereocenters. The molecule has 0 radical (unpaired) electrons. The summed E-state index contributed by atoms with van der Waals surface area (Å²) in [7, 11) is 0. The van der Waals surface area contributed by atoms with Crippen LogP contribution >= 0.6 is 11.6 Å². The normalized spacial score (nSPS) is 10.3. The van der Waals surface area contributed by atoms with Crippen LogP contribution in [0, 0.1) is 6.92 Å². The van der Waals surface area contributed by atoms with E-state index in [2.05, 4.69) is 10.6 Å². The molecule has 2 N–H and O–H groups in total. The van der Waals surface area contributed by atoms with Crippen LogP contribution in [0.4, 0.5) is 5.69 Å². The molecule has 2 rings (SSSR count). The molecule has 0 fully saturated rings. The van der Waals surface area contributed by atoms with Crippen molar-refractivity contribution in [1.82, 2.24) is 5.32 Å². The highest BCUT2D eigenvalue weighted by Crippen LogP contribution is 2.20. The monoisotopic (exact) mass is 320 g/mol. The van der Waals surface area contributed by atoms with Crippen molar-refractivity contribution in [1.29, 1.82) is 0 Å². The third-order valence-corrected chi connectivity index (χ3v) is 3.47. The molecule has 2 aromatic rings. The minimum atomic E-state index is -0.282. The zero-order valence-electron chi connectivity index (χ0n) is 12.2. The minimum Gasteiger partial charge on any atom is -0.459 e. The van der Waals surface area contributed by atoms with E-state index in [1.54, 1.807) is 24.3 Å². The quantitative estimate of drug-likeness (QED) is 0.801. The summed E-state index contributed by atoms with van der Waals surface area (Å²) in [5, 5.41) is 6.07. The van der Waals surface area contributed by atoms with Gasteiger partial charge in [-0.2, -0.15) is 0 Å². The van der Waals surface area contributed by atoms with Gasteiger partial charge in [0.15, 0.2) is 5.76 Å². The van der Waals surface area contributed by atoms with Gasteiger partial charge >= 0.3 is 0 Å². The first kappa shape index (κ1) is 16.1. The number of carbonyl (C=O) groups excluding carboxylic acids is 2. The summed E-state index contributed by atoms with van der Waals surface area (Å²) in [6.45, 7) is 2.30. The Morgan fingerprint density at radius 1 is 1.27 bits per heavy atom. The molecule has 0 aliphatic carbocycles. The Morgan fingerprint density at radius 3 is 2.77 bits per heavy atom. The summed E-state index contributed by atoms with van der Waals surface area (Å²) in [6.07, 6.45) is 2.29. The second-order valence-electron chi connectivity index (χ2n) is 4.85. The van der Waals surface area contributed by atoms with Crippen molar-refractivity contribution in [3.8, 4) is 0 Å². The maximum Gasteiger partial charge on any atom is 0.286 e. The molecule has 0 spiro atoms. The van der Waals surface area contributed by atoms with Crippen LogP contribution in [0.5, 0.6) is 0 Å². The lowest BCUT2D eigenvalue weighted by Gasteiger charge is -2.07. The predicted molar refractivity (Wildman–Crippen MR) is 85.1 cm³/mol. The van der Waals surface area contributed by atoms with Crippen molar-refractivity contribution in [3.63, 3.8) is 0 Å². The fourth-order valence-electron chi connectivity index (χ4n) is 1.84. The number of carbonyl (C=O) groups is 2. The van der Waals surface area contributed by atoms with Crippen LogP contribution in [-0.2, 0) is 4.79 Å². The lowest BCUT2D eigenvalue weighted by molar-refractivity contribution is -0.116. The molecule has 1 aromatic carbocycles. The molecular formula is C16H17ClN2O3. The number of rotatable bonds is 6. The molecule has 5 nitrogen and oxygen atoms in total. The number of furan rings is 1. The van der Waals surface area contributed by atoms with Crippen LogP contribution in [0.1, 0.15) is 29.0 Å². The van der Waals surface area contributed by atoms with Gasteiger partial charge in [0.2, 0.25) is 5.91 Å². The highest BCUT2D eigenvalue weighted by Gasteiger charge is 2.08. The van der Waals surface area contributed by atoms with Gasteiger partial charge in [0.25, 0.3) is 5.91 Å². The average Bonchev–Trinajstić information content (AvgIpc) is 3.01. The van der Waals surface area contributed by atoms with Crippen molar-refractivity contribution in [2.24, 2.45) is 0 Å². The zero-order valence-corrected chi connectivity index (χ0v) is 12.9. The second-order valence-corrected chi connectivity index (χ2v) is 5.26. The van der Waals surface area contributed by atoms with E-state index in [0.717, 1.165) is 5.56 Å². The molecule has 6 heteroatoms. The highest BCUT2D eigenvalue weighted by atomic mass is 35.5. The molecule has 2 amide bonds. The second kappa shape index (κ2) is 7.66. The number of nitrogens with one attached hydrogen (secondary N) is 2. The van der Waals surface area contributed by atoms with E-state index in [0.29, 0.717) is 30.1 Å². The van der Waals surface area contributed by atoms with Crippen molar-refractivity contribution >= 4 is 29.1 Å². The van der Waals surface area contributed by atoms with Crippen molar-refractivity contribution in [2.75, 3.05) is 11.9 Å². The van der Waals surface area contributed by atoms with E-state index in [4.69, 9.17) is 16.0 Å². The molecule has 0 aliphatic rings. The fourth-order valence-corrected chi connectivity index (χ4v) is 2.02. The Hall–Kier alpha value is -2.27. The Labute approximate surface area is 133 Å². The van der Waals surface area contributed by atoms with Gasteiger partial charge in [-0.3, -0.25) is 9.59 Å². The zero-order chi connectivity index (χ0) is 15.9. The summed E-state index contributed by atoms with van der Waals surface area (Å²) in [5.41, 5.74) is 1.63. The molecule has 0 saturated carbocycles. The van der Waals surface area contributed by atoms with Crippen LogP contribution in [0.15, 0.2) is 41.0 Å². The Kier molecular flexibility index (Phi) is 5.61. The molecule has 0 unspecified atom stereocenters. The summed E-state index contributed by atoms with van der Waals surface area (Å²) >= 11 is 6.00. The Balaban J connectivity index is 1.69. The molecule has 1 aromatic heterocycles. The molecule has 0 aliphatic heterocycles. The van der Waals surface area contributed by atoms with E-state index in [1.165, 1.54) is 6.26 Å². The third kappa shape index (κ3) is 4.63. The minimum absolute atomic E-state index is 0.118. The van der Waals surface area contributed by atoms with Crippen molar-refractivity contribution in [2.45, 2.75) is 19.8 Å². The molecule has 116 valence electrons. The molecule has 22 heavy (non-hydrogen) atoms. The first-order valence-corrected chi connectivity index (χ1v) is 7.32. The van der Waals surface area contributed by atoms with Gasteiger partial charge in [-0.05, 0) is 43.2 Å². The molecule has 0 saturated heterocycles. The van der Waals surface area contributed by atoms with Gasteiger partial charge in [0, 0.05) is 23.7 Å². The Bertz CT molecular complexity index is 653.